The lowest BCUT2D eigenvalue weighted by atomic mass is 9.49. The molecule has 1 spiro atoms. The summed E-state index contributed by atoms with van der Waals surface area (Å²) in [7, 11) is 0. The molecule has 0 aromatic heterocycles. The zero-order valence-corrected chi connectivity index (χ0v) is 22.7. The number of aliphatic hydroxyl groups is 1. The highest BCUT2D eigenvalue weighted by atomic mass is 16.7. The molecular formula is C33H35NO6. The molecule has 2 aromatic rings. The maximum Gasteiger partial charge on any atom is 0.513 e. The summed E-state index contributed by atoms with van der Waals surface area (Å²) in [5.41, 5.74) is 4.08. The molecule has 4 unspecified atom stereocenters. The van der Waals surface area contributed by atoms with Gasteiger partial charge < -0.3 is 19.3 Å². The summed E-state index contributed by atoms with van der Waals surface area (Å²) >= 11 is 0. The molecule has 0 amide bonds. The zero-order chi connectivity index (χ0) is 27.1. The number of carbonyl (C=O) groups is 2. The Labute approximate surface area is 234 Å². The van der Waals surface area contributed by atoms with Crippen LogP contribution in [0.1, 0.15) is 60.8 Å². The first-order chi connectivity index (χ1) is 19.5. The number of fused-ring (bicyclic) bond motifs is 1. The van der Waals surface area contributed by atoms with E-state index in [0.717, 1.165) is 43.0 Å². The van der Waals surface area contributed by atoms with Crippen LogP contribution in [0.25, 0.3) is 0 Å². The molecule has 4 aliphatic carbocycles. The van der Waals surface area contributed by atoms with Crippen LogP contribution in [0.4, 0.5) is 4.79 Å². The van der Waals surface area contributed by atoms with Crippen LogP contribution in [0.3, 0.4) is 0 Å². The first-order valence-corrected chi connectivity index (χ1v) is 14.9. The molecule has 0 radical (unpaired) electrons. The molecule has 8 rings (SSSR count). The van der Waals surface area contributed by atoms with Crippen molar-refractivity contribution in [3.8, 4) is 11.5 Å². The third-order valence-electron chi connectivity index (χ3n) is 10.5. The van der Waals surface area contributed by atoms with Gasteiger partial charge in [-0.1, -0.05) is 42.0 Å². The number of Topliss-reactive ketones (excluding diaryl/α,β-unsaturated/α-hetero) is 1. The normalized spacial score (nSPS) is 31.5. The lowest BCUT2D eigenvalue weighted by molar-refractivity contribution is -0.188. The lowest BCUT2D eigenvalue weighted by Crippen LogP contribution is -2.76. The van der Waals surface area contributed by atoms with Crippen LogP contribution in [-0.4, -0.2) is 59.4 Å². The van der Waals surface area contributed by atoms with Gasteiger partial charge in [0.2, 0.25) is 0 Å². The molecule has 2 aliphatic heterocycles. The second-order valence-electron chi connectivity index (χ2n) is 12.7. The number of likely N-dealkylation sites (tertiary alicyclic amines) is 1. The van der Waals surface area contributed by atoms with Crippen LogP contribution >= 0.6 is 0 Å². The van der Waals surface area contributed by atoms with E-state index < -0.39 is 23.3 Å². The van der Waals surface area contributed by atoms with Crippen molar-refractivity contribution in [2.45, 2.75) is 80.9 Å². The molecule has 208 valence electrons. The summed E-state index contributed by atoms with van der Waals surface area (Å²) in [4.78, 5) is 28.5. The topological polar surface area (TPSA) is 85.3 Å². The first-order valence-electron chi connectivity index (χ1n) is 14.9. The number of piperidine rings is 1. The van der Waals surface area contributed by atoms with Gasteiger partial charge in [-0.05, 0) is 80.2 Å². The van der Waals surface area contributed by atoms with Crippen molar-refractivity contribution < 1.29 is 28.9 Å². The fourth-order valence-electron chi connectivity index (χ4n) is 8.41. The van der Waals surface area contributed by atoms with Gasteiger partial charge in [-0.2, -0.15) is 0 Å². The highest BCUT2D eigenvalue weighted by Gasteiger charge is 2.73. The molecule has 2 aromatic carbocycles. The smallest absolute Gasteiger partial charge is 0.477 e. The predicted octanol–water partition coefficient (Wildman–Crippen LogP) is 4.45. The quantitative estimate of drug-likeness (QED) is 0.329. The maximum atomic E-state index is 13.2. The summed E-state index contributed by atoms with van der Waals surface area (Å²) in [5, 5.41) is 12.4. The summed E-state index contributed by atoms with van der Waals surface area (Å²) in [6, 6.07) is 12.2. The van der Waals surface area contributed by atoms with E-state index >= 15 is 0 Å². The van der Waals surface area contributed by atoms with Crippen LogP contribution in [0.15, 0.2) is 48.0 Å². The molecular weight excluding hydrogens is 506 g/mol. The Bertz CT molecular complexity index is 1440. The van der Waals surface area contributed by atoms with Crippen molar-refractivity contribution in [3.05, 3.63) is 70.3 Å². The van der Waals surface area contributed by atoms with E-state index in [1.54, 1.807) is 6.07 Å². The minimum absolute atomic E-state index is 0.0268. The lowest BCUT2D eigenvalue weighted by Gasteiger charge is -2.62. The van der Waals surface area contributed by atoms with Crippen molar-refractivity contribution in [1.82, 2.24) is 4.90 Å². The number of allylic oxidation sites excluding steroid dienone is 1. The highest BCUT2D eigenvalue weighted by molar-refractivity contribution is 5.90. The maximum absolute atomic E-state index is 13.2. The second-order valence-corrected chi connectivity index (χ2v) is 12.7. The third kappa shape index (κ3) is 3.56. The first kappa shape index (κ1) is 24.6. The van der Waals surface area contributed by atoms with Gasteiger partial charge in [-0.25, -0.2) is 4.79 Å². The molecule has 7 heteroatoms. The fraction of sp³-hybridized carbons (Fsp3) is 0.515. The van der Waals surface area contributed by atoms with Crippen molar-refractivity contribution in [2.75, 3.05) is 19.7 Å². The Morgan fingerprint density at radius 2 is 1.95 bits per heavy atom. The molecule has 40 heavy (non-hydrogen) atoms. The number of hydrogen-bond donors (Lipinski definition) is 1. The summed E-state index contributed by atoms with van der Waals surface area (Å²) < 4.78 is 17.6. The van der Waals surface area contributed by atoms with E-state index in [1.165, 1.54) is 29.5 Å². The number of ether oxygens (including phenoxy) is 3. The Kier molecular flexibility index (Phi) is 5.49. The van der Waals surface area contributed by atoms with Crippen LogP contribution in [0, 0.1) is 5.92 Å². The number of ketones is 1. The fourth-order valence-corrected chi connectivity index (χ4v) is 8.41. The second kappa shape index (κ2) is 8.92. The van der Waals surface area contributed by atoms with Gasteiger partial charge in [0.1, 0.15) is 0 Å². The Morgan fingerprint density at radius 3 is 2.80 bits per heavy atom. The average molecular weight is 542 g/mol. The molecule has 1 saturated heterocycles. The highest BCUT2D eigenvalue weighted by Crippen LogP contribution is 2.65. The molecule has 6 aliphatic rings. The molecule has 1 N–H and O–H groups in total. The van der Waals surface area contributed by atoms with E-state index in [0.29, 0.717) is 37.9 Å². The average Bonchev–Trinajstić information content (AvgIpc) is 3.70. The van der Waals surface area contributed by atoms with Gasteiger partial charge >= 0.3 is 6.16 Å². The third-order valence-corrected chi connectivity index (χ3v) is 10.5. The van der Waals surface area contributed by atoms with Crippen LogP contribution in [0.5, 0.6) is 11.5 Å². The Balaban J connectivity index is 1.02. The molecule has 2 bridgehead atoms. The van der Waals surface area contributed by atoms with Gasteiger partial charge in [-0.15, -0.1) is 0 Å². The van der Waals surface area contributed by atoms with Crippen molar-refractivity contribution in [2.24, 2.45) is 5.92 Å². The van der Waals surface area contributed by atoms with Crippen LogP contribution in [0.2, 0.25) is 0 Å². The van der Waals surface area contributed by atoms with Gasteiger partial charge in [-0.3, -0.25) is 9.69 Å². The zero-order valence-electron chi connectivity index (χ0n) is 22.7. The number of rotatable bonds is 6. The Morgan fingerprint density at radius 1 is 1.10 bits per heavy atom. The monoisotopic (exact) mass is 541 g/mol. The van der Waals surface area contributed by atoms with Gasteiger partial charge in [0.25, 0.3) is 0 Å². The number of carbonyl (C=O) groups excluding carboxylic acids is 2. The van der Waals surface area contributed by atoms with E-state index in [1.807, 2.05) is 6.07 Å². The minimum Gasteiger partial charge on any atom is -0.477 e. The summed E-state index contributed by atoms with van der Waals surface area (Å²) in [6.07, 6.45) is 7.78. The minimum atomic E-state index is -1.04. The molecule has 4 atom stereocenters. The van der Waals surface area contributed by atoms with Crippen LogP contribution < -0.4 is 9.47 Å². The predicted molar refractivity (Wildman–Crippen MR) is 147 cm³/mol. The van der Waals surface area contributed by atoms with Gasteiger partial charge in [0, 0.05) is 31.0 Å². The van der Waals surface area contributed by atoms with E-state index in [2.05, 4.69) is 35.2 Å². The van der Waals surface area contributed by atoms with E-state index in [-0.39, 0.29) is 24.2 Å². The Hall–Kier alpha value is -3.16. The van der Waals surface area contributed by atoms with Crippen molar-refractivity contribution in [3.63, 3.8) is 0 Å². The molecule has 2 heterocycles. The number of hydrogen-bond acceptors (Lipinski definition) is 7. The SMILES string of the molecule is O=C(OCCC1=CCc2ccccc2C1)Oc1ccc2c3c1OC1C(=O)CCC4(O)C(C2)N(CC2CC2)CCC314. The van der Waals surface area contributed by atoms with E-state index in [9.17, 15) is 14.7 Å². The number of nitrogens with zero attached hydrogens (tertiary/aromatic N) is 1. The summed E-state index contributed by atoms with van der Waals surface area (Å²) in [5.74, 6) is 1.46. The number of benzene rings is 2. The van der Waals surface area contributed by atoms with Crippen molar-refractivity contribution >= 4 is 11.9 Å². The van der Waals surface area contributed by atoms with Gasteiger partial charge in [0.15, 0.2) is 23.4 Å². The van der Waals surface area contributed by atoms with Gasteiger partial charge in [0.05, 0.1) is 17.6 Å². The van der Waals surface area contributed by atoms with E-state index in [4.69, 9.17) is 14.2 Å². The standard InChI is InChI=1S/C33H35NO6/c35-25-11-13-33(37)27-18-24-9-10-26(29-28(24)32(33,30(25)40-29)14-15-34(27)19-21-5-6-21)39-31(36)38-16-12-20-7-8-22-3-1-2-4-23(22)17-20/h1-4,7,9-10,21,27,30,37H,5-6,8,11-19H2. The molecule has 3 fully saturated rings. The van der Waals surface area contributed by atoms with Crippen LogP contribution in [-0.2, 0) is 34.2 Å². The summed E-state index contributed by atoms with van der Waals surface area (Å²) in [6.45, 7) is 2.08. The molecule has 2 saturated carbocycles. The largest absolute Gasteiger partial charge is 0.513 e. The molecule has 7 nitrogen and oxygen atoms in total. The van der Waals surface area contributed by atoms with Crippen molar-refractivity contribution in [1.29, 1.82) is 0 Å².